The summed E-state index contributed by atoms with van der Waals surface area (Å²) in [7, 11) is 0. The summed E-state index contributed by atoms with van der Waals surface area (Å²) in [6.07, 6.45) is 3.43. The lowest BCUT2D eigenvalue weighted by Gasteiger charge is -2.21. The monoisotopic (exact) mass is 371 g/mol. The summed E-state index contributed by atoms with van der Waals surface area (Å²) in [4.78, 5) is 26.5. The van der Waals surface area contributed by atoms with E-state index in [9.17, 15) is 9.59 Å². The molecule has 0 unspecified atom stereocenters. The summed E-state index contributed by atoms with van der Waals surface area (Å²) in [6.45, 7) is 1.69. The van der Waals surface area contributed by atoms with Crippen molar-refractivity contribution in [1.82, 2.24) is 0 Å². The summed E-state index contributed by atoms with van der Waals surface area (Å²) >= 11 is 0. The molecule has 2 amide bonds. The minimum absolute atomic E-state index is 0. The number of benzene rings is 2. The fourth-order valence-corrected chi connectivity index (χ4v) is 3.59. The van der Waals surface area contributed by atoms with E-state index in [0.717, 1.165) is 49.3 Å². The average molecular weight is 372 g/mol. The quantitative estimate of drug-likeness (QED) is 0.861. The number of hydrogen-bond donors (Lipinski definition) is 2. The maximum Gasteiger partial charge on any atom is 0.256 e. The Labute approximate surface area is 159 Å². The highest BCUT2D eigenvalue weighted by molar-refractivity contribution is 6.06. The Bertz CT molecular complexity index is 838. The molecule has 5 nitrogen and oxygen atoms in total. The number of nitrogens with zero attached hydrogens (tertiary/aromatic N) is 1. The zero-order chi connectivity index (χ0) is 17.2. The van der Waals surface area contributed by atoms with Gasteiger partial charge in [0.1, 0.15) is 0 Å². The molecule has 2 heterocycles. The smallest absolute Gasteiger partial charge is 0.256 e. The standard InChI is InChI=1S/C20H21N3O2.ClH/c24-19-10-4-12-23(19)15-6-1-5-14(13-15)22-20(25)17-7-2-9-18-16(17)8-3-11-21-18;/h1-2,5-7,9,13,21H,3-4,8,10-12H2,(H,22,25);1H. The number of carbonyl (C=O) groups is 2. The van der Waals surface area contributed by atoms with E-state index in [0.29, 0.717) is 17.7 Å². The Balaban J connectivity index is 0.00000196. The maximum atomic E-state index is 12.8. The van der Waals surface area contributed by atoms with Crippen molar-refractivity contribution in [2.75, 3.05) is 28.6 Å². The summed E-state index contributed by atoms with van der Waals surface area (Å²) in [5.74, 6) is 0.0390. The van der Waals surface area contributed by atoms with Gasteiger partial charge in [-0.15, -0.1) is 12.4 Å². The van der Waals surface area contributed by atoms with Gasteiger partial charge in [0.2, 0.25) is 5.91 Å². The molecule has 2 aromatic rings. The van der Waals surface area contributed by atoms with Gasteiger partial charge >= 0.3 is 0 Å². The van der Waals surface area contributed by atoms with Crippen LogP contribution in [-0.2, 0) is 11.2 Å². The van der Waals surface area contributed by atoms with E-state index >= 15 is 0 Å². The summed E-state index contributed by atoms with van der Waals surface area (Å²) in [6, 6.07) is 13.3. The van der Waals surface area contributed by atoms with Crippen molar-refractivity contribution in [3.63, 3.8) is 0 Å². The number of halogens is 1. The molecular weight excluding hydrogens is 350 g/mol. The molecule has 1 saturated heterocycles. The minimum atomic E-state index is -0.106. The van der Waals surface area contributed by atoms with Crippen molar-refractivity contribution >= 4 is 41.3 Å². The lowest BCUT2D eigenvalue weighted by Crippen LogP contribution is -2.24. The predicted octanol–water partition coefficient (Wildman–Crippen LogP) is 3.85. The molecule has 0 radical (unpaired) electrons. The number of rotatable bonds is 3. The molecule has 0 atom stereocenters. The molecule has 2 aromatic carbocycles. The van der Waals surface area contributed by atoms with Gasteiger partial charge in [0, 0.05) is 42.1 Å². The molecule has 4 rings (SSSR count). The second kappa shape index (κ2) is 7.79. The van der Waals surface area contributed by atoms with Crippen LogP contribution < -0.4 is 15.5 Å². The van der Waals surface area contributed by atoms with Crippen LogP contribution in [0.1, 0.15) is 35.2 Å². The highest BCUT2D eigenvalue weighted by Crippen LogP contribution is 2.27. The molecule has 26 heavy (non-hydrogen) atoms. The summed E-state index contributed by atoms with van der Waals surface area (Å²) < 4.78 is 0. The minimum Gasteiger partial charge on any atom is -0.385 e. The normalized spacial score (nSPS) is 15.7. The van der Waals surface area contributed by atoms with Crippen LogP contribution in [0.3, 0.4) is 0 Å². The first kappa shape index (κ1) is 18.3. The Morgan fingerprint density at radius 3 is 2.73 bits per heavy atom. The number of nitrogens with one attached hydrogen (secondary N) is 2. The highest BCUT2D eigenvalue weighted by Gasteiger charge is 2.22. The molecule has 0 spiro atoms. The van der Waals surface area contributed by atoms with E-state index in [2.05, 4.69) is 10.6 Å². The summed E-state index contributed by atoms with van der Waals surface area (Å²) in [5.41, 5.74) is 4.40. The van der Waals surface area contributed by atoms with E-state index in [1.54, 1.807) is 4.90 Å². The van der Waals surface area contributed by atoms with Crippen molar-refractivity contribution in [1.29, 1.82) is 0 Å². The largest absolute Gasteiger partial charge is 0.385 e. The van der Waals surface area contributed by atoms with Crippen LogP contribution in [-0.4, -0.2) is 24.9 Å². The maximum absolute atomic E-state index is 12.8. The van der Waals surface area contributed by atoms with Crippen molar-refractivity contribution < 1.29 is 9.59 Å². The third kappa shape index (κ3) is 3.53. The van der Waals surface area contributed by atoms with Gasteiger partial charge in [-0.2, -0.15) is 0 Å². The molecule has 0 bridgehead atoms. The molecule has 2 aliphatic heterocycles. The Morgan fingerprint density at radius 1 is 1.08 bits per heavy atom. The number of hydrogen-bond acceptors (Lipinski definition) is 3. The second-order valence-electron chi connectivity index (χ2n) is 6.52. The van der Waals surface area contributed by atoms with Gasteiger partial charge in [0.05, 0.1) is 0 Å². The number of fused-ring (bicyclic) bond motifs is 1. The molecule has 0 aliphatic carbocycles. The number of carbonyl (C=O) groups excluding carboxylic acids is 2. The molecule has 136 valence electrons. The van der Waals surface area contributed by atoms with E-state index in [1.165, 1.54) is 0 Å². The average Bonchev–Trinajstić information content (AvgIpc) is 3.07. The Hall–Kier alpha value is -2.53. The third-order valence-electron chi connectivity index (χ3n) is 4.83. The fourth-order valence-electron chi connectivity index (χ4n) is 3.59. The highest BCUT2D eigenvalue weighted by atomic mass is 35.5. The number of amides is 2. The van der Waals surface area contributed by atoms with Crippen LogP contribution in [0.2, 0.25) is 0 Å². The van der Waals surface area contributed by atoms with E-state index < -0.39 is 0 Å². The lowest BCUT2D eigenvalue weighted by molar-refractivity contribution is -0.117. The van der Waals surface area contributed by atoms with E-state index in [1.807, 2.05) is 42.5 Å². The van der Waals surface area contributed by atoms with Crippen molar-refractivity contribution in [2.24, 2.45) is 0 Å². The predicted molar refractivity (Wildman–Crippen MR) is 106 cm³/mol. The van der Waals surface area contributed by atoms with Crippen LogP contribution in [0.5, 0.6) is 0 Å². The van der Waals surface area contributed by atoms with Gasteiger partial charge in [-0.05, 0) is 55.2 Å². The van der Waals surface area contributed by atoms with Crippen molar-refractivity contribution in [2.45, 2.75) is 25.7 Å². The van der Waals surface area contributed by atoms with Gasteiger partial charge in [0.25, 0.3) is 5.91 Å². The van der Waals surface area contributed by atoms with E-state index in [-0.39, 0.29) is 24.2 Å². The van der Waals surface area contributed by atoms with Gasteiger partial charge < -0.3 is 15.5 Å². The molecule has 6 heteroatoms. The first-order chi connectivity index (χ1) is 12.2. The first-order valence-electron chi connectivity index (χ1n) is 8.80. The molecule has 0 aromatic heterocycles. The topological polar surface area (TPSA) is 61.4 Å². The van der Waals surface area contributed by atoms with Gasteiger partial charge in [-0.3, -0.25) is 9.59 Å². The molecule has 2 N–H and O–H groups in total. The summed E-state index contributed by atoms with van der Waals surface area (Å²) in [5, 5.41) is 6.33. The van der Waals surface area contributed by atoms with Crippen LogP contribution in [0.25, 0.3) is 0 Å². The van der Waals surface area contributed by atoms with Crippen LogP contribution in [0.4, 0.5) is 17.1 Å². The molecule has 0 saturated carbocycles. The number of anilines is 3. The van der Waals surface area contributed by atoms with Crippen LogP contribution in [0.15, 0.2) is 42.5 Å². The van der Waals surface area contributed by atoms with Gasteiger partial charge in [-0.25, -0.2) is 0 Å². The SMILES string of the molecule is Cl.O=C(Nc1cccc(N2CCCC2=O)c1)c1cccc2c1CCCN2. The second-order valence-corrected chi connectivity index (χ2v) is 6.52. The fraction of sp³-hybridized carbons (Fsp3) is 0.300. The molecule has 2 aliphatic rings. The lowest BCUT2D eigenvalue weighted by atomic mass is 9.97. The van der Waals surface area contributed by atoms with Crippen LogP contribution >= 0.6 is 12.4 Å². The van der Waals surface area contributed by atoms with Crippen molar-refractivity contribution in [3.05, 3.63) is 53.6 Å². The Kier molecular flexibility index (Phi) is 5.47. The van der Waals surface area contributed by atoms with Gasteiger partial charge in [-0.1, -0.05) is 12.1 Å². The van der Waals surface area contributed by atoms with E-state index in [4.69, 9.17) is 0 Å². The van der Waals surface area contributed by atoms with Crippen molar-refractivity contribution in [3.8, 4) is 0 Å². The molecular formula is C20H22ClN3O2. The van der Waals surface area contributed by atoms with Crippen LogP contribution in [0, 0.1) is 0 Å². The Morgan fingerprint density at radius 2 is 1.92 bits per heavy atom. The van der Waals surface area contributed by atoms with Gasteiger partial charge in [0.15, 0.2) is 0 Å². The molecule has 1 fully saturated rings. The first-order valence-corrected chi connectivity index (χ1v) is 8.80. The zero-order valence-electron chi connectivity index (χ0n) is 14.5. The zero-order valence-corrected chi connectivity index (χ0v) is 15.3. The third-order valence-corrected chi connectivity index (χ3v) is 4.83.